The fourth-order valence-electron chi connectivity index (χ4n) is 5.91. The number of rotatable bonds is 10. The first-order valence-electron chi connectivity index (χ1n) is 13.9. The van der Waals surface area contributed by atoms with Crippen molar-refractivity contribution in [1.82, 2.24) is 10.2 Å². The van der Waals surface area contributed by atoms with Gasteiger partial charge in [0.2, 0.25) is 11.8 Å². The third kappa shape index (κ3) is 5.31. The van der Waals surface area contributed by atoms with Crippen LogP contribution in [-0.4, -0.2) is 41.2 Å². The summed E-state index contributed by atoms with van der Waals surface area (Å²) >= 11 is 0. The molecule has 0 radical (unpaired) electrons. The van der Waals surface area contributed by atoms with Gasteiger partial charge in [-0.1, -0.05) is 73.9 Å². The summed E-state index contributed by atoms with van der Waals surface area (Å²) in [5, 5.41) is 5.24. The van der Waals surface area contributed by atoms with Crippen LogP contribution >= 0.6 is 0 Å². The maximum atomic E-state index is 13.7. The normalized spacial score (nSPS) is 15.7. The fraction of sp³-hybridized carbons (Fsp3) is 0.406. The second kappa shape index (κ2) is 11.4. The van der Waals surface area contributed by atoms with Crippen molar-refractivity contribution in [2.75, 3.05) is 11.4 Å². The molecule has 198 valence electrons. The summed E-state index contributed by atoms with van der Waals surface area (Å²) < 4.78 is 0. The van der Waals surface area contributed by atoms with Gasteiger partial charge in [-0.25, -0.2) is 0 Å². The van der Waals surface area contributed by atoms with E-state index in [0.29, 0.717) is 25.9 Å². The van der Waals surface area contributed by atoms with E-state index < -0.39 is 6.04 Å². The Labute approximate surface area is 225 Å². The van der Waals surface area contributed by atoms with E-state index in [0.717, 1.165) is 58.8 Å². The molecule has 0 aromatic heterocycles. The first-order chi connectivity index (χ1) is 18.5. The van der Waals surface area contributed by atoms with Crippen molar-refractivity contribution < 1.29 is 14.4 Å². The van der Waals surface area contributed by atoms with Crippen LogP contribution in [-0.2, 0) is 16.1 Å². The zero-order valence-corrected chi connectivity index (χ0v) is 22.4. The first kappa shape index (κ1) is 26.0. The summed E-state index contributed by atoms with van der Waals surface area (Å²) in [5.41, 5.74) is 3.80. The van der Waals surface area contributed by atoms with E-state index in [2.05, 4.69) is 5.32 Å². The third-order valence-corrected chi connectivity index (χ3v) is 7.98. The van der Waals surface area contributed by atoms with Crippen LogP contribution in [0.15, 0.2) is 60.7 Å². The highest BCUT2D eigenvalue weighted by atomic mass is 16.2. The Balaban J connectivity index is 1.29. The van der Waals surface area contributed by atoms with Crippen molar-refractivity contribution in [1.29, 1.82) is 0 Å². The van der Waals surface area contributed by atoms with Gasteiger partial charge in [0.15, 0.2) is 0 Å². The number of benzene rings is 3. The zero-order chi connectivity index (χ0) is 26.6. The number of nitrogens with zero attached hydrogens (tertiary/aromatic N) is 2. The van der Waals surface area contributed by atoms with Gasteiger partial charge in [-0.05, 0) is 55.7 Å². The number of hydrogen-bond donors (Lipinski definition) is 1. The van der Waals surface area contributed by atoms with Crippen molar-refractivity contribution in [3.63, 3.8) is 0 Å². The third-order valence-electron chi connectivity index (χ3n) is 7.98. The van der Waals surface area contributed by atoms with Gasteiger partial charge >= 0.3 is 0 Å². The molecule has 1 atom stereocenters. The molecule has 6 heteroatoms. The Morgan fingerprint density at radius 2 is 1.74 bits per heavy atom. The molecule has 3 aromatic rings. The van der Waals surface area contributed by atoms with E-state index in [9.17, 15) is 14.4 Å². The highest BCUT2D eigenvalue weighted by Gasteiger charge is 2.32. The van der Waals surface area contributed by atoms with Crippen LogP contribution < -0.4 is 10.2 Å². The van der Waals surface area contributed by atoms with Gasteiger partial charge in [0, 0.05) is 36.5 Å². The molecule has 3 aromatic carbocycles. The van der Waals surface area contributed by atoms with Gasteiger partial charge in [-0.3, -0.25) is 14.4 Å². The summed E-state index contributed by atoms with van der Waals surface area (Å²) in [5.74, 6) is -0.124. The zero-order valence-electron chi connectivity index (χ0n) is 22.4. The summed E-state index contributed by atoms with van der Waals surface area (Å²) in [6.07, 6.45) is 5.65. The van der Waals surface area contributed by atoms with Crippen LogP contribution in [0.25, 0.3) is 10.8 Å². The molecule has 1 aliphatic heterocycles. The molecular formula is C32H37N3O3. The van der Waals surface area contributed by atoms with Crippen LogP contribution in [0, 0.1) is 6.92 Å². The Hall–Kier alpha value is -3.67. The maximum Gasteiger partial charge on any atom is 0.258 e. The summed E-state index contributed by atoms with van der Waals surface area (Å²) in [7, 11) is 0. The fourth-order valence-corrected chi connectivity index (χ4v) is 5.91. The van der Waals surface area contributed by atoms with Gasteiger partial charge in [-0.15, -0.1) is 0 Å². The van der Waals surface area contributed by atoms with E-state index in [4.69, 9.17) is 0 Å². The highest BCUT2D eigenvalue weighted by Crippen LogP contribution is 2.37. The lowest BCUT2D eigenvalue weighted by molar-refractivity contribution is -0.141. The second-order valence-electron chi connectivity index (χ2n) is 10.7. The van der Waals surface area contributed by atoms with E-state index >= 15 is 0 Å². The van der Waals surface area contributed by atoms with Crippen molar-refractivity contribution in [3.8, 4) is 0 Å². The monoisotopic (exact) mass is 511 g/mol. The average molecular weight is 512 g/mol. The van der Waals surface area contributed by atoms with E-state index in [-0.39, 0.29) is 30.2 Å². The minimum absolute atomic E-state index is 0.0110. The molecule has 0 bridgehead atoms. The lowest BCUT2D eigenvalue weighted by atomic mass is 10.1. The molecule has 1 N–H and O–H groups in total. The standard InChI is InChI=1S/C32H37N3O3/c1-3-27(31(37)33-25-11-4-5-12-25)35(21-23-18-16-22(2)17-19-23)29(36)15-8-20-34-28-14-7-10-24-9-6-13-26(30(24)28)32(34)38/h6-7,9-10,13-14,16-19,25,27H,3-5,8,11-12,15,20-21H2,1-2H3,(H,33,37). The van der Waals surface area contributed by atoms with Crippen LogP contribution in [0.3, 0.4) is 0 Å². The molecule has 1 saturated carbocycles. The minimum atomic E-state index is -0.518. The molecular weight excluding hydrogens is 474 g/mol. The van der Waals surface area contributed by atoms with Crippen molar-refractivity contribution in [2.45, 2.75) is 77.4 Å². The Morgan fingerprint density at radius 3 is 2.45 bits per heavy atom. The van der Waals surface area contributed by atoms with Gasteiger partial charge in [0.05, 0.1) is 5.69 Å². The smallest absolute Gasteiger partial charge is 0.258 e. The summed E-state index contributed by atoms with van der Waals surface area (Å²) in [6.45, 7) is 4.86. The van der Waals surface area contributed by atoms with Crippen LogP contribution in [0.4, 0.5) is 5.69 Å². The predicted molar refractivity (Wildman–Crippen MR) is 151 cm³/mol. The predicted octanol–water partition coefficient (Wildman–Crippen LogP) is 5.75. The molecule has 1 unspecified atom stereocenters. The Bertz CT molecular complexity index is 1320. The number of aryl methyl sites for hydroxylation is 1. The van der Waals surface area contributed by atoms with Crippen molar-refractivity contribution in [3.05, 3.63) is 77.4 Å². The van der Waals surface area contributed by atoms with E-state index in [1.54, 1.807) is 9.80 Å². The number of carbonyl (C=O) groups is 3. The lowest BCUT2D eigenvalue weighted by Crippen LogP contribution is -2.51. The molecule has 1 aliphatic carbocycles. The van der Waals surface area contributed by atoms with Gasteiger partial charge in [0.1, 0.15) is 6.04 Å². The number of hydrogen-bond acceptors (Lipinski definition) is 3. The number of amides is 3. The maximum absolute atomic E-state index is 13.7. The highest BCUT2D eigenvalue weighted by molar-refractivity contribution is 6.25. The number of carbonyl (C=O) groups excluding carboxylic acids is 3. The molecule has 0 saturated heterocycles. The Kier molecular flexibility index (Phi) is 7.77. The molecule has 6 nitrogen and oxygen atoms in total. The van der Waals surface area contributed by atoms with E-state index in [1.807, 2.05) is 74.5 Å². The first-order valence-corrected chi connectivity index (χ1v) is 13.9. The van der Waals surface area contributed by atoms with Crippen LogP contribution in [0.2, 0.25) is 0 Å². The van der Waals surface area contributed by atoms with Gasteiger partial charge in [0.25, 0.3) is 5.91 Å². The number of anilines is 1. The van der Waals surface area contributed by atoms with Crippen LogP contribution in [0.1, 0.15) is 73.4 Å². The largest absolute Gasteiger partial charge is 0.352 e. The lowest BCUT2D eigenvalue weighted by Gasteiger charge is -2.32. The topological polar surface area (TPSA) is 69.7 Å². The quantitative estimate of drug-likeness (QED) is 0.377. The van der Waals surface area contributed by atoms with Gasteiger partial charge < -0.3 is 15.1 Å². The SMILES string of the molecule is CCC(C(=O)NC1CCCC1)N(Cc1ccc(C)cc1)C(=O)CCCN1C(=O)c2cccc3cccc1c23. The average Bonchev–Trinajstić information content (AvgIpc) is 3.53. The van der Waals surface area contributed by atoms with Crippen LogP contribution in [0.5, 0.6) is 0 Å². The molecule has 3 amide bonds. The van der Waals surface area contributed by atoms with Crippen molar-refractivity contribution >= 4 is 34.2 Å². The summed E-state index contributed by atoms with van der Waals surface area (Å²) in [4.78, 5) is 43.7. The molecule has 5 rings (SSSR count). The number of nitrogens with one attached hydrogen (secondary N) is 1. The summed E-state index contributed by atoms with van der Waals surface area (Å²) in [6, 6.07) is 19.6. The molecule has 1 heterocycles. The molecule has 2 aliphatic rings. The molecule has 1 fully saturated rings. The minimum Gasteiger partial charge on any atom is -0.352 e. The molecule has 0 spiro atoms. The Morgan fingerprint density at radius 1 is 1.03 bits per heavy atom. The molecule has 38 heavy (non-hydrogen) atoms. The second-order valence-corrected chi connectivity index (χ2v) is 10.7. The van der Waals surface area contributed by atoms with Gasteiger partial charge in [-0.2, -0.15) is 0 Å². The van der Waals surface area contributed by atoms with Crippen molar-refractivity contribution in [2.24, 2.45) is 0 Å². The van der Waals surface area contributed by atoms with E-state index in [1.165, 1.54) is 0 Å².